The molecule has 0 fully saturated rings. The highest BCUT2D eigenvalue weighted by Gasteiger charge is 2.20. The summed E-state index contributed by atoms with van der Waals surface area (Å²) in [4.78, 5) is 12.2. The van der Waals surface area contributed by atoms with Crippen molar-refractivity contribution >= 4 is 15.9 Å². The molecule has 2 aromatic rings. The van der Waals surface area contributed by atoms with E-state index in [0.717, 1.165) is 11.1 Å². The average molecular weight is 342 g/mol. The number of sulfonamides is 1. The Kier molecular flexibility index (Phi) is 4.34. The molecule has 0 saturated carbocycles. The smallest absolute Gasteiger partial charge is 0.264 e. The van der Waals surface area contributed by atoms with Crippen LogP contribution in [0.1, 0.15) is 32.6 Å². The van der Waals surface area contributed by atoms with Crippen LogP contribution in [0.15, 0.2) is 42.5 Å². The van der Waals surface area contributed by atoms with Gasteiger partial charge < -0.3 is 4.74 Å². The van der Waals surface area contributed by atoms with Crippen molar-refractivity contribution in [2.75, 3.05) is 0 Å². The molecule has 1 aliphatic heterocycles. The number of fused-ring (bicyclic) bond motifs is 1. The first-order valence-electron chi connectivity index (χ1n) is 7.21. The summed E-state index contributed by atoms with van der Waals surface area (Å²) in [6.07, 6.45) is 0. The van der Waals surface area contributed by atoms with E-state index in [9.17, 15) is 13.2 Å². The van der Waals surface area contributed by atoms with Gasteiger partial charge in [0.05, 0.1) is 30.6 Å². The van der Waals surface area contributed by atoms with Gasteiger partial charge in [-0.25, -0.2) is 13.1 Å². The Hall–Kier alpha value is -2.69. The number of carbonyl (C=O) groups is 1. The first kappa shape index (κ1) is 16.2. The summed E-state index contributed by atoms with van der Waals surface area (Å²) in [7, 11) is -3.91. The predicted octanol–water partition coefficient (Wildman–Crippen LogP) is 1.85. The third-order valence-electron chi connectivity index (χ3n) is 3.72. The Labute approximate surface area is 139 Å². The van der Waals surface area contributed by atoms with Gasteiger partial charge in [-0.2, -0.15) is 5.26 Å². The number of ether oxygens (including phenoxy) is 1. The minimum Gasteiger partial charge on any atom is -0.372 e. The molecule has 0 saturated heterocycles. The van der Waals surface area contributed by atoms with Gasteiger partial charge in [0, 0.05) is 5.56 Å². The Balaban J connectivity index is 1.77. The monoisotopic (exact) mass is 342 g/mol. The van der Waals surface area contributed by atoms with Crippen molar-refractivity contribution in [2.45, 2.75) is 19.0 Å². The Morgan fingerprint density at radius 3 is 2.71 bits per heavy atom. The second kappa shape index (κ2) is 6.43. The average Bonchev–Trinajstić information content (AvgIpc) is 3.02. The lowest BCUT2D eigenvalue weighted by Crippen LogP contribution is -2.31. The van der Waals surface area contributed by atoms with Crippen molar-refractivity contribution in [3.8, 4) is 6.07 Å². The molecule has 0 aliphatic carbocycles. The maximum Gasteiger partial charge on any atom is 0.264 e. The van der Waals surface area contributed by atoms with E-state index in [1.165, 1.54) is 6.07 Å². The summed E-state index contributed by atoms with van der Waals surface area (Å²) in [5, 5.41) is 9.02. The lowest BCUT2D eigenvalue weighted by atomic mass is 10.1. The second-order valence-electron chi connectivity index (χ2n) is 5.44. The van der Waals surface area contributed by atoms with Crippen LogP contribution in [-0.2, 0) is 33.7 Å². The number of nitrogens with zero attached hydrogens (tertiary/aromatic N) is 1. The van der Waals surface area contributed by atoms with Gasteiger partial charge in [-0.05, 0) is 34.9 Å². The Bertz CT molecular complexity index is 945. The first-order valence-corrected chi connectivity index (χ1v) is 8.86. The van der Waals surface area contributed by atoms with Crippen LogP contribution in [0.25, 0.3) is 0 Å². The zero-order valence-electron chi connectivity index (χ0n) is 12.7. The summed E-state index contributed by atoms with van der Waals surface area (Å²) in [6.45, 7) is 0.916. The lowest BCUT2D eigenvalue weighted by Gasteiger charge is -2.09. The molecule has 7 heteroatoms. The van der Waals surface area contributed by atoms with E-state index < -0.39 is 21.7 Å². The minimum absolute atomic E-state index is 0.261. The van der Waals surface area contributed by atoms with Crippen molar-refractivity contribution in [2.24, 2.45) is 0 Å². The van der Waals surface area contributed by atoms with Crippen molar-refractivity contribution in [3.63, 3.8) is 0 Å². The number of carbonyl (C=O) groups excluding carboxylic acids is 1. The summed E-state index contributed by atoms with van der Waals surface area (Å²) < 4.78 is 31.8. The molecule has 6 nitrogen and oxygen atoms in total. The molecule has 24 heavy (non-hydrogen) atoms. The standard InChI is InChI=1S/C17H14N2O4S/c18-8-13-3-1-2-4-15(13)11-24(21,22)19-17(20)12-5-6-14-9-23-10-16(14)7-12/h1-7H,9-11H2,(H,19,20). The highest BCUT2D eigenvalue weighted by Crippen LogP contribution is 2.21. The third-order valence-corrected chi connectivity index (χ3v) is 4.90. The molecule has 0 aromatic heterocycles. The highest BCUT2D eigenvalue weighted by atomic mass is 32.2. The normalized spacial score (nSPS) is 13.1. The minimum atomic E-state index is -3.91. The van der Waals surface area contributed by atoms with Gasteiger partial charge in [0.25, 0.3) is 5.91 Å². The summed E-state index contributed by atoms with van der Waals surface area (Å²) in [6, 6.07) is 13.3. The van der Waals surface area contributed by atoms with Gasteiger partial charge in [0.1, 0.15) is 0 Å². The molecule has 0 atom stereocenters. The summed E-state index contributed by atoms with van der Waals surface area (Å²) >= 11 is 0. The molecular weight excluding hydrogens is 328 g/mol. The molecule has 1 heterocycles. The number of hydrogen-bond acceptors (Lipinski definition) is 5. The van der Waals surface area contributed by atoms with E-state index in [1.54, 1.807) is 36.4 Å². The van der Waals surface area contributed by atoms with Crippen LogP contribution in [0.5, 0.6) is 0 Å². The molecule has 0 radical (unpaired) electrons. The highest BCUT2D eigenvalue weighted by molar-refractivity contribution is 7.89. The molecule has 1 amide bonds. The largest absolute Gasteiger partial charge is 0.372 e. The molecule has 1 aliphatic rings. The predicted molar refractivity (Wildman–Crippen MR) is 86.2 cm³/mol. The van der Waals surface area contributed by atoms with E-state index in [4.69, 9.17) is 10.00 Å². The van der Waals surface area contributed by atoms with E-state index in [-0.39, 0.29) is 11.1 Å². The van der Waals surface area contributed by atoms with E-state index >= 15 is 0 Å². The number of benzene rings is 2. The second-order valence-corrected chi connectivity index (χ2v) is 7.16. The van der Waals surface area contributed by atoms with Crippen LogP contribution in [0, 0.1) is 11.3 Å². The van der Waals surface area contributed by atoms with Crippen LogP contribution in [0.4, 0.5) is 0 Å². The fourth-order valence-electron chi connectivity index (χ4n) is 2.51. The van der Waals surface area contributed by atoms with Gasteiger partial charge in [0.15, 0.2) is 0 Å². The molecular formula is C17H14N2O4S. The maximum atomic E-state index is 12.2. The van der Waals surface area contributed by atoms with E-state index in [1.807, 2.05) is 10.8 Å². The van der Waals surface area contributed by atoms with Crippen LogP contribution in [0.2, 0.25) is 0 Å². The zero-order valence-corrected chi connectivity index (χ0v) is 13.5. The quantitative estimate of drug-likeness (QED) is 0.915. The number of hydrogen-bond donors (Lipinski definition) is 1. The van der Waals surface area contributed by atoms with E-state index in [0.29, 0.717) is 18.8 Å². The van der Waals surface area contributed by atoms with Crippen molar-refractivity contribution in [1.29, 1.82) is 5.26 Å². The third kappa shape index (κ3) is 3.45. The summed E-state index contributed by atoms with van der Waals surface area (Å²) in [5.74, 6) is -1.13. The van der Waals surface area contributed by atoms with Crippen LogP contribution in [-0.4, -0.2) is 14.3 Å². The van der Waals surface area contributed by atoms with Crippen molar-refractivity contribution in [3.05, 3.63) is 70.3 Å². The van der Waals surface area contributed by atoms with Crippen LogP contribution < -0.4 is 4.72 Å². The Morgan fingerprint density at radius 2 is 1.92 bits per heavy atom. The number of amides is 1. The van der Waals surface area contributed by atoms with E-state index in [2.05, 4.69) is 0 Å². The summed E-state index contributed by atoms with van der Waals surface area (Å²) in [5.41, 5.74) is 2.76. The van der Waals surface area contributed by atoms with Crippen molar-refractivity contribution in [1.82, 2.24) is 4.72 Å². The lowest BCUT2D eigenvalue weighted by molar-refractivity contribution is 0.0981. The SMILES string of the molecule is N#Cc1ccccc1CS(=O)(=O)NC(=O)c1ccc2c(c1)COC2. The van der Waals surface area contributed by atoms with Gasteiger partial charge >= 0.3 is 0 Å². The van der Waals surface area contributed by atoms with Crippen LogP contribution in [0.3, 0.4) is 0 Å². The van der Waals surface area contributed by atoms with Gasteiger partial charge in [-0.15, -0.1) is 0 Å². The number of rotatable bonds is 4. The number of nitrogens with one attached hydrogen (secondary N) is 1. The molecule has 122 valence electrons. The van der Waals surface area contributed by atoms with Gasteiger partial charge in [-0.1, -0.05) is 24.3 Å². The number of nitriles is 1. The van der Waals surface area contributed by atoms with Crippen LogP contribution >= 0.6 is 0 Å². The first-order chi connectivity index (χ1) is 11.5. The fraction of sp³-hybridized carbons (Fsp3) is 0.176. The molecule has 2 aromatic carbocycles. The molecule has 1 N–H and O–H groups in total. The van der Waals surface area contributed by atoms with Crippen molar-refractivity contribution < 1.29 is 17.9 Å². The molecule has 3 rings (SSSR count). The maximum absolute atomic E-state index is 12.2. The topological polar surface area (TPSA) is 96.3 Å². The Morgan fingerprint density at radius 1 is 1.17 bits per heavy atom. The van der Waals surface area contributed by atoms with Gasteiger partial charge in [0.2, 0.25) is 10.0 Å². The molecule has 0 bridgehead atoms. The fourth-order valence-corrected chi connectivity index (χ4v) is 3.64. The molecule has 0 unspecified atom stereocenters. The zero-order chi connectivity index (χ0) is 17.2. The molecule has 0 spiro atoms. The van der Waals surface area contributed by atoms with Gasteiger partial charge in [-0.3, -0.25) is 4.79 Å².